The van der Waals surface area contributed by atoms with E-state index in [1.165, 1.54) is 11.3 Å². The van der Waals surface area contributed by atoms with E-state index in [2.05, 4.69) is 0 Å². The largest absolute Gasteiger partial charge is 0.272 e. The van der Waals surface area contributed by atoms with Gasteiger partial charge >= 0.3 is 0 Å². The zero-order valence-electron chi connectivity index (χ0n) is 6.51. The van der Waals surface area contributed by atoms with Crippen molar-refractivity contribution in [3.8, 4) is 0 Å². The monoisotopic (exact) mass is 256 g/mol. The molecule has 0 radical (unpaired) electrons. The molecule has 72 valence electrons. The quantitative estimate of drug-likeness (QED) is 0.725. The highest BCUT2D eigenvalue weighted by Gasteiger charge is 2.26. The van der Waals surface area contributed by atoms with Crippen molar-refractivity contribution < 1.29 is 8.42 Å². The molecule has 0 N–H and O–H groups in total. The van der Waals surface area contributed by atoms with Gasteiger partial charge in [0.25, 0.3) is 9.05 Å². The van der Waals surface area contributed by atoms with E-state index in [9.17, 15) is 8.42 Å². The molecule has 2 nitrogen and oxygen atoms in total. The Hall–Kier alpha value is 0.230. The van der Waals surface area contributed by atoms with Crippen molar-refractivity contribution in [3.63, 3.8) is 0 Å². The molecule has 2 rings (SSSR count). The van der Waals surface area contributed by atoms with Crippen LogP contribution in [0, 0.1) is 0 Å². The van der Waals surface area contributed by atoms with E-state index in [0.717, 1.165) is 29.7 Å². The van der Waals surface area contributed by atoms with Gasteiger partial charge in [-0.2, -0.15) is 0 Å². The molecule has 1 aliphatic carbocycles. The van der Waals surface area contributed by atoms with Crippen LogP contribution in [0.2, 0.25) is 5.02 Å². The molecule has 1 heterocycles. The van der Waals surface area contributed by atoms with Crippen LogP contribution in [-0.4, -0.2) is 8.42 Å². The molecule has 0 aliphatic heterocycles. The lowest BCUT2D eigenvalue weighted by molar-refractivity contribution is 0.611. The van der Waals surface area contributed by atoms with E-state index < -0.39 is 9.05 Å². The Bertz CT molecular complexity index is 447. The minimum atomic E-state index is -3.65. The van der Waals surface area contributed by atoms with Crippen LogP contribution in [0.5, 0.6) is 0 Å². The van der Waals surface area contributed by atoms with Gasteiger partial charge in [-0.05, 0) is 24.8 Å². The van der Waals surface area contributed by atoms with E-state index in [-0.39, 0.29) is 4.21 Å². The summed E-state index contributed by atoms with van der Waals surface area (Å²) in [5, 5.41) is 0.340. The summed E-state index contributed by atoms with van der Waals surface area (Å²) >= 11 is 7.10. The number of rotatable bonds is 1. The fraction of sp³-hybridized carbons (Fsp3) is 0.429. The van der Waals surface area contributed by atoms with Gasteiger partial charge in [-0.25, -0.2) is 8.42 Å². The molecule has 0 bridgehead atoms. The SMILES string of the molecule is O=S(=O)(Cl)c1sc2c(c1Cl)CCC2. The summed E-state index contributed by atoms with van der Waals surface area (Å²) < 4.78 is 22.2. The first-order chi connectivity index (χ1) is 6.00. The van der Waals surface area contributed by atoms with Crippen molar-refractivity contribution in [1.29, 1.82) is 0 Å². The zero-order chi connectivity index (χ0) is 9.64. The Labute approximate surface area is 89.9 Å². The molecule has 0 aromatic carbocycles. The highest BCUT2D eigenvalue weighted by molar-refractivity contribution is 8.15. The van der Waals surface area contributed by atoms with Gasteiger partial charge in [0.1, 0.15) is 0 Å². The standard InChI is InChI=1S/C7H6Cl2O2S2/c8-6-4-2-1-3-5(4)12-7(6)13(9,10)11/h1-3H2. The third-order valence-electron chi connectivity index (χ3n) is 2.05. The minimum absolute atomic E-state index is 0.112. The van der Waals surface area contributed by atoms with E-state index >= 15 is 0 Å². The molecule has 1 aromatic rings. The van der Waals surface area contributed by atoms with Crippen LogP contribution in [0.15, 0.2) is 4.21 Å². The summed E-state index contributed by atoms with van der Waals surface area (Å²) in [6, 6.07) is 0. The van der Waals surface area contributed by atoms with Crippen molar-refractivity contribution in [2.45, 2.75) is 23.5 Å². The van der Waals surface area contributed by atoms with Crippen LogP contribution in [0.3, 0.4) is 0 Å². The van der Waals surface area contributed by atoms with Gasteiger partial charge in [-0.1, -0.05) is 11.6 Å². The van der Waals surface area contributed by atoms with Crippen molar-refractivity contribution >= 4 is 42.7 Å². The van der Waals surface area contributed by atoms with Gasteiger partial charge < -0.3 is 0 Å². The second kappa shape index (κ2) is 3.12. The molecule has 0 fully saturated rings. The maximum atomic E-state index is 11.1. The molecule has 0 saturated carbocycles. The zero-order valence-corrected chi connectivity index (χ0v) is 9.66. The first-order valence-corrected chi connectivity index (χ1v) is 7.25. The normalized spacial score (nSPS) is 16.2. The van der Waals surface area contributed by atoms with Crippen LogP contribution in [-0.2, 0) is 21.9 Å². The van der Waals surface area contributed by atoms with E-state index in [1.54, 1.807) is 0 Å². The number of aryl methyl sites for hydroxylation is 1. The predicted molar refractivity (Wildman–Crippen MR) is 54.4 cm³/mol. The average Bonchev–Trinajstić information content (AvgIpc) is 2.51. The first-order valence-electron chi connectivity index (χ1n) is 3.75. The van der Waals surface area contributed by atoms with Crippen molar-refractivity contribution in [2.24, 2.45) is 0 Å². The van der Waals surface area contributed by atoms with E-state index in [0.29, 0.717) is 5.02 Å². The molecule has 1 aliphatic rings. The summed E-state index contributed by atoms with van der Waals surface area (Å²) in [6.45, 7) is 0. The molecule has 0 amide bonds. The van der Waals surface area contributed by atoms with E-state index in [4.69, 9.17) is 22.3 Å². The van der Waals surface area contributed by atoms with Gasteiger partial charge in [0.15, 0.2) is 4.21 Å². The highest BCUT2D eigenvalue weighted by atomic mass is 35.7. The van der Waals surface area contributed by atoms with Crippen LogP contribution < -0.4 is 0 Å². The number of halogens is 2. The molecule has 0 spiro atoms. The summed E-state index contributed by atoms with van der Waals surface area (Å²) in [5.74, 6) is 0. The molecular formula is C7H6Cl2O2S2. The third-order valence-corrected chi connectivity index (χ3v) is 6.07. The predicted octanol–water partition coefficient (Wildman–Crippen LogP) is 2.82. The van der Waals surface area contributed by atoms with Crippen LogP contribution in [0.4, 0.5) is 0 Å². The minimum Gasteiger partial charge on any atom is -0.206 e. The van der Waals surface area contributed by atoms with Gasteiger partial charge in [-0.15, -0.1) is 11.3 Å². The summed E-state index contributed by atoms with van der Waals surface area (Å²) in [6.07, 6.45) is 2.85. The number of thiophene rings is 1. The summed E-state index contributed by atoms with van der Waals surface area (Å²) in [5.41, 5.74) is 0.978. The second-order valence-electron chi connectivity index (χ2n) is 2.90. The Kier molecular flexibility index (Phi) is 2.35. The average molecular weight is 257 g/mol. The maximum absolute atomic E-state index is 11.1. The molecule has 0 saturated heterocycles. The molecule has 1 aromatic heterocycles. The van der Waals surface area contributed by atoms with Crippen LogP contribution in [0.1, 0.15) is 16.9 Å². The summed E-state index contributed by atoms with van der Waals surface area (Å²) in [7, 11) is 1.58. The molecular weight excluding hydrogens is 251 g/mol. The lowest BCUT2D eigenvalue weighted by Gasteiger charge is -1.93. The van der Waals surface area contributed by atoms with Crippen molar-refractivity contribution in [2.75, 3.05) is 0 Å². The molecule has 13 heavy (non-hydrogen) atoms. The van der Waals surface area contributed by atoms with Crippen LogP contribution in [0.25, 0.3) is 0 Å². The van der Waals surface area contributed by atoms with Crippen LogP contribution >= 0.6 is 33.6 Å². The molecule has 6 heteroatoms. The number of hydrogen-bond donors (Lipinski definition) is 0. The number of hydrogen-bond acceptors (Lipinski definition) is 3. The smallest absolute Gasteiger partial charge is 0.206 e. The fourth-order valence-corrected chi connectivity index (χ4v) is 4.86. The van der Waals surface area contributed by atoms with E-state index in [1.807, 2.05) is 0 Å². The topological polar surface area (TPSA) is 34.1 Å². The molecule has 0 unspecified atom stereocenters. The van der Waals surface area contributed by atoms with Gasteiger partial charge in [0, 0.05) is 15.6 Å². The van der Waals surface area contributed by atoms with Gasteiger partial charge in [-0.3, -0.25) is 0 Å². The fourth-order valence-electron chi connectivity index (χ4n) is 1.50. The Morgan fingerprint density at radius 1 is 1.31 bits per heavy atom. The Morgan fingerprint density at radius 2 is 2.00 bits per heavy atom. The maximum Gasteiger partial charge on any atom is 0.272 e. The van der Waals surface area contributed by atoms with Gasteiger partial charge in [0.2, 0.25) is 0 Å². The second-order valence-corrected chi connectivity index (χ2v) is 7.14. The Morgan fingerprint density at radius 3 is 2.54 bits per heavy atom. The number of fused-ring (bicyclic) bond motifs is 1. The lowest BCUT2D eigenvalue weighted by atomic mass is 10.3. The van der Waals surface area contributed by atoms with Gasteiger partial charge in [0.05, 0.1) is 5.02 Å². The first kappa shape index (κ1) is 9.77. The van der Waals surface area contributed by atoms with Crippen molar-refractivity contribution in [1.82, 2.24) is 0 Å². The highest BCUT2D eigenvalue weighted by Crippen LogP contribution is 2.42. The lowest BCUT2D eigenvalue weighted by Crippen LogP contribution is -1.87. The molecule has 0 atom stereocenters. The summed E-state index contributed by atoms with van der Waals surface area (Å²) in [4.78, 5) is 1.07. The third kappa shape index (κ3) is 1.61. The van der Waals surface area contributed by atoms with Crippen molar-refractivity contribution in [3.05, 3.63) is 15.5 Å². The Balaban J connectivity index is 2.64.